The highest BCUT2D eigenvalue weighted by Gasteiger charge is 2.54. The minimum atomic E-state index is -2.48. The van der Waals surface area contributed by atoms with Gasteiger partial charge < -0.3 is 20.1 Å². The van der Waals surface area contributed by atoms with Gasteiger partial charge in [-0.25, -0.2) is 0 Å². The van der Waals surface area contributed by atoms with Crippen LogP contribution in [-0.2, 0) is 10.4 Å². The van der Waals surface area contributed by atoms with Crippen LogP contribution in [-0.4, -0.2) is 40.6 Å². The number of carbonyl (C=O) groups excluding carboxylic acids is 2. The molecule has 1 aliphatic heterocycles. The average Bonchev–Trinajstić information content (AvgIpc) is 3.26. The van der Waals surface area contributed by atoms with Crippen molar-refractivity contribution in [3.63, 3.8) is 0 Å². The van der Waals surface area contributed by atoms with Gasteiger partial charge in [0.05, 0.1) is 18.3 Å². The normalized spacial score (nSPS) is 17.8. The molecule has 9 heteroatoms. The van der Waals surface area contributed by atoms with Gasteiger partial charge in [-0.2, -0.15) is 0 Å². The zero-order chi connectivity index (χ0) is 21.4. The Morgan fingerprint density at radius 3 is 2.50 bits per heavy atom. The Morgan fingerprint density at radius 2 is 1.83 bits per heavy atom. The molecule has 152 valence electrons. The number of H-pyrrole nitrogens is 1. The van der Waals surface area contributed by atoms with Gasteiger partial charge in [0.2, 0.25) is 0 Å². The maximum absolute atomic E-state index is 13.7. The maximum Gasteiger partial charge on any atom is 0.278 e. The van der Waals surface area contributed by atoms with E-state index in [1.165, 1.54) is 18.7 Å². The molecule has 3 N–H and O–H groups in total. The van der Waals surface area contributed by atoms with E-state index < -0.39 is 17.4 Å². The summed E-state index contributed by atoms with van der Waals surface area (Å²) >= 11 is 12.3. The van der Waals surface area contributed by atoms with E-state index in [0.717, 1.165) is 0 Å². The SMILES string of the molecule is CNC(=O)[C@]1(O)C(=O)n2c(c(OC)c3cc(Cl)ccc32)-c2[nH]c3ccc(Cl)cc3c21. The lowest BCUT2D eigenvalue weighted by molar-refractivity contribution is -0.135. The van der Waals surface area contributed by atoms with Crippen LogP contribution in [0, 0.1) is 0 Å². The maximum atomic E-state index is 13.7. The molecule has 0 saturated heterocycles. The summed E-state index contributed by atoms with van der Waals surface area (Å²) in [5, 5.41) is 15.9. The Bertz CT molecular complexity index is 1400. The van der Waals surface area contributed by atoms with Gasteiger partial charge in [0, 0.05) is 38.9 Å². The third kappa shape index (κ3) is 2.19. The summed E-state index contributed by atoms with van der Waals surface area (Å²) in [5.41, 5.74) is -0.488. The highest BCUT2D eigenvalue weighted by molar-refractivity contribution is 6.32. The van der Waals surface area contributed by atoms with Crippen LogP contribution < -0.4 is 10.1 Å². The Balaban J connectivity index is 2.03. The zero-order valence-electron chi connectivity index (χ0n) is 15.8. The smallest absolute Gasteiger partial charge is 0.278 e. The third-order valence-electron chi connectivity index (χ3n) is 5.51. The number of carbonyl (C=O) groups is 2. The molecular formula is C21H15Cl2N3O4. The minimum Gasteiger partial charge on any atom is -0.494 e. The average molecular weight is 444 g/mol. The first-order valence-electron chi connectivity index (χ1n) is 9.02. The number of aromatic nitrogens is 2. The first-order valence-corrected chi connectivity index (χ1v) is 9.78. The van der Waals surface area contributed by atoms with Gasteiger partial charge in [-0.3, -0.25) is 14.2 Å². The number of amides is 1. The lowest BCUT2D eigenvalue weighted by Crippen LogP contribution is -2.53. The van der Waals surface area contributed by atoms with Gasteiger partial charge in [-0.15, -0.1) is 0 Å². The van der Waals surface area contributed by atoms with E-state index in [1.807, 2.05) is 0 Å². The van der Waals surface area contributed by atoms with Crippen LogP contribution in [0.5, 0.6) is 5.75 Å². The van der Waals surface area contributed by atoms with Crippen molar-refractivity contribution in [2.45, 2.75) is 5.60 Å². The van der Waals surface area contributed by atoms with Crippen LogP contribution in [0.2, 0.25) is 10.0 Å². The van der Waals surface area contributed by atoms with Gasteiger partial charge in [0.25, 0.3) is 17.4 Å². The number of benzene rings is 2. The number of nitrogens with one attached hydrogen (secondary N) is 2. The molecule has 5 rings (SSSR count). The summed E-state index contributed by atoms with van der Waals surface area (Å²) in [6.45, 7) is 0. The van der Waals surface area contributed by atoms with Crippen LogP contribution in [0.1, 0.15) is 10.4 Å². The van der Waals surface area contributed by atoms with Crippen molar-refractivity contribution < 1.29 is 19.4 Å². The molecule has 2 aromatic carbocycles. The second-order valence-electron chi connectivity index (χ2n) is 7.04. The van der Waals surface area contributed by atoms with E-state index in [1.54, 1.807) is 36.4 Å². The minimum absolute atomic E-state index is 0.129. The standard InChI is InChI=1S/C21H15Cl2N3O4/c1-24-19(27)21(29)15-11-7-9(22)3-5-13(11)25-16(15)17-18(30-2)12-8-10(23)4-6-14(12)26(17)20(21)28/h3-8,25,29H,1-2H3,(H,24,27)/t21-/m0/s1. The van der Waals surface area contributed by atoms with Gasteiger partial charge >= 0.3 is 0 Å². The van der Waals surface area contributed by atoms with E-state index in [9.17, 15) is 14.7 Å². The fourth-order valence-corrected chi connectivity index (χ4v) is 4.60. The van der Waals surface area contributed by atoms with E-state index in [0.29, 0.717) is 49.0 Å². The first-order chi connectivity index (χ1) is 14.3. The van der Waals surface area contributed by atoms with Crippen molar-refractivity contribution >= 4 is 56.8 Å². The highest BCUT2D eigenvalue weighted by Crippen LogP contribution is 2.50. The number of hydrogen-bond donors (Lipinski definition) is 3. The molecule has 0 bridgehead atoms. The van der Waals surface area contributed by atoms with E-state index >= 15 is 0 Å². The van der Waals surface area contributed by atoms with Gasteiger partial charge in [0.1, 0.15) is 5.69 Å². The molecule has 3 heterocycles. The van der Waals surface area contributed by atoms with Crippen molar-refractivity contribution in [1.82, 2.24) is 14.9 Å². The lowest BCUT2D eigenvalue weighted by atomic mass is 9.85. The molecule has 30 heavy (non-hydrogen) atoms. The molecule has 2 aromatic heterocycles. The fraction of sp³-hybridized carbons (Fsp3) is 0.143. The predicted molar refractivity (Wildman–Crippen MR) is 114 cm³/mol. The number of ether oxygens (including phenoxy) is 1. The Kier molecular flexibility index (Phi) is 3.96. The quantitative estimate of drug-likeness (QED) is 0.411. The molecule has 7 nitrogen and oxygen atoms in total. The molecule has 0 unspecified atom stereocenters. The summed E-state index contributed by atoms with van der Waals surface area (Å²) < 4.78 is 6.93. The second kappa shape index (κ2) is 6.25. The van der Waals surface area contributed by atoms with Crippen molar-refractivity contribution in [2.75, 3.05) is 14.2 Å². The van der Waals surface area contributed by atoms with Gasteiger partial charge in [-0.05, 0) is 36.4 Å². The molecule has 0 spiro atoms. The number of methoxy groups -OCH3 is 1. The largest absolute Gasteiger partial charge is 0.494 e. The number of likely N-dealkylation sites (N-methyl/N-ethyl adjacent to an activating group) is 1. The van der Waals surface area contributed by atoms with Crippen LogP contribution in [0.15, 0.2) is 36.4 Å². The van der Waals surface area contributed by atoms with Crippen molar-refractivity contribution in [3.05, 3.63) is 52.0 Å². The van der Waals surface area contributed by atoms with E-state index in [-0.39, 0.29) is 5.56 Å². The Labute approximate surface area is 180 Å². The number of fused-ring (bicyclic) bond motifs is 7. The second-order valence-corrected chi connectivity index (χ2v) is 7.91. The lowest BCUT2D eigenvalue weighted by Gasteiger charge is -2.31. The number of nitrogens with zero attached hydrogens (tertiary/aromatic N) is 1. The van der Waals surface area contributed by atoms with Crippen LogP contribution in [0.25, 0.3) is 33.2 Å². The summed E-state index contributed by atoms with van der Waals surface area (Å²) in [6, 6.07) is 9.96. The summed E-state index contributed by atoms with van der Waals surface area (Å²) in [5.74, 6) is -1.27. The number of aromatic amines is 1. The Hall–Kier alpha value is -3.00. The Morgan fingerprint density at radius 1 is 1.17 bits per heavy atom. The van der Waals surface area contributed by atoms with Crippen LogP contribution >= 0.6 is 23.2 Å². The third-order valence-corrected chi connectivity index (χ3v) is 5.98. The highest BCUT2D eigenvalue weighted by atomic mass is 35.5. The molecule has 0 radical (unpaired) electrons. The molecule has 4 aromatic rings. The fourth-order valence-electron chi connectivity index (χ4n) is 4.26. The number of halogens is 2. The summed E-state index contributed by atoms with van der Waals surface area (Å²) in [7, 11) is 2.85. The topological polar surface area (TPSA) is 96.4 Å². The van der Waals surface area contributed by atoms with E-state index in [4.69, 9.17) is 27.9 Å². The molecule has 1 atom stereocenters. The van der Waals surface area contributed by atoms with Crippen LogP contribution in [0.4, 0.5) is 0 Å². The molecule has 0 aliphatic carbocycles. The van der Waals surface area contributed by atoms with Crippen molar-refractivity contribution in [3.8, 4) is 17.1 Å². The van der Waals surface area contributed by atoms with Crippen molar-refractivity contribution in [2.24, 2.45) is 0 Å². The summed E-state index contributed by atoms with van der Waals surface area (Å²) in [6.07, 6.45) is 0. The monoisotopic (exact) mass is 443 g/mol. The number of rotatable bonds is 2. The van der Waals surface area contributed by atoms with Gasteiger partial charge in [0.15, 0.2) is 5.75 Å². The summed E-state index contributed by atoms with van der Waals surface area (Å²) in [4.78, 5) is 29.8. The molecule has 1 amide bonds. The number of aliphatic hydroxyl groups is 1. The van der Waals surface area contributed by atoms with Crippen molar-refractivity contribution in [1.29, 1.82) is 0 Å². The first kappa shape index (κ1) is 19.0. The molecular weight excluding hydrogens is 429 g/mol. The number of hydrogen-bond acceptors (Lipinski definition) is 4. The van der Waals surface area contributed by atoms with E-state index in [2.05, 4.69) is 10.3 Å². The molecule has 0 fully saturated rings. The zero-order valence-corrected chi connectivity index (χ0v) is 17.4. The van der Waals surface area contributed by atoms with Gasteiger partial charge in [-0.1, -0.05) is 23.2 Å². The van der Waals surface area contributed by atoms with Crippen LogP contribution in [0.3, 0.4) is 0 Å². The molecule has 1 aliphatic rings. The predicted octanol–water partition coefficient (Wildman–Crippen LogP) is 3.69. The molecule has 0 saturated carbocycles.